The topological polar surface area (TPSA) is 101 Å². The fourth-order valence-corrected chi connectivity index (χ4v) is 3.49. The van der Waals surface area contributed by atoms with Crippen molar-refractivity contribution in [3.8, 4) is 0 Å². The van der Waals surface area contributed by atoms with Gasteiger partial charge in [-0.2, -0.15) is 0 Å². The Balaban J connectivity index is 2.27. The van der Waals surface area contributed by atoms with Crippen molar-refractivity contribution in [3.05, 3.63) is 47.5 Å². The van der Waals surface area contributed by atoms with Crippen molar-refractivity contribution < 1.29 is 8.42 Å². The first-order valence-corrected chi connectivity index (χ1v) is 8.27. The molecule has 2 aromatic rings. The Hall–Kier alpha value is -1.70. The Morgan fingerprint density at radius 3 is 2.71 bits per heavy atom. The Morgan fingerprint density at radius 2 is 2.19 bits per heavy atom. The number of aromatic amines is 1. The first kappa shape index (κ1) is 15.7. The van der Waals surface area contributed by atoms with Gasteiger partial charge in [0.15, 0.2) is 0 Å². The summed E-state index contributed by atoms with van der Waals surface area (Å²) in [4.78, 5) is 7.29. The van der Waals surface area contributed by atoms with E-state index < -0.39 is 10.0 Å². The van der Waals surface area contributed by atoms with Crippen LogP contribution in [0.25, 0.3) is 0 Å². The van der Waals surface area contributed by atoms with Gasteiger partial charge in [-0.25, -0.2) is 18.1 Å². The number of benzene rings is 1. The quantitative estimate of drug-likeness (QED) is 0.754. The predicted octanol–water partition coefficient (Wildman–Crippen LogP) is 1.61. The maximum atomic E-state index is 12.5. The molecule has 1 unspecified atom stereocenters. The summed E-state index contributed by atoms with van der Waals surface area (Å²) < 4.78 is 27.6. The molecule has 0 spiro atoms. The number of nitrogens with two attached hydrogens (primary N) is 1. The van der Waals surface area contributed by atoms with E-state index in [1.807, 2.05) is 13.8 Å². The van der Waals surface area contributed by atoms with Crippen molar-refractivity contribution in [1.29, 1.82) is 0 Å². The molecule has 0 amide bonds. The van der Waals surface area contributed by atoms with Crippen molar-refractivity contribution >= 4 is 10.0 Å². The minimum Gasteiger partial charge on any atom is -0.347 e. The van der Waals surface area contributed by atoms with E-state index in [-0.39, 0.29) is 10.9 Å². The molecule has 0 bridgehead atoms. The summed E-state index contributed by atoms with van der Waals surface area (Å²) in [5.74, 6) is 0.608. The van der Waals surface area contributed by atoms with Gasteiger partial charge in [0.05, 0.1) is 10.9 Å². The Morgan fingerprint density at radius 1 is 1.43 bits per heavy atom. The van der Waals surface area contributed by atoms with E-state index in [1.165, 1.54) is 0 Å². The lowest BCUT2D eigenvalue weighted by Gasteiger charge is -2.15. The van der Waals surface area contributed by atoms with Crippen LogP contribution in [0.4, 0.5) is 0 Å². The molecule has 114 valence electrons. The van der Waals surface area contributed by atoms with Gasteiger partial charge in [0.1, 0.15) is 5.82 Å². The highest BCUT2D eigenvalue weighted by molar-refractivity contribution is 7.89. The molecule has 1 aromatic carbocycles. The van der Waals surface area contributed by atoms with Gasteiger partial charge in [-0.15, -0.1) is 0 Å². The number of nitrogens with one attached hydrogen (secondary N) is 2. The average Bonchev–Trinajstić information content (AvgIpc) is 2.98. The number of rotatable bonds is 6. The van der Waals surface area contributed by atoms with Crippen LogP contribution in [0.15, 0.2) is 35.5 Å². The summed E-state index contributed by atoms with van der Waals surface area (Å²) in [6.45, 7) is 4.15. The zero-order valence-electron chi connectivity index (χ0n) is 12.1. The van der Waals surface area contributed by atoms with Gasteiger partial charge in [-0.05, 0) is 36.6 Å². The summed E-state index contributed by atoms with van der Waals surface area (Å²) in [6, 6.07) is 4.59. The summed E-state index contributed by atoms with van der Waals surface area (Å²) in [5.41, 5.74) is 7.40. The molecular formula is C14H20N4O2S. The number of aryl methyl sites for hydroxylation is 1. The third-order valence-corrected chi connectivity index (χ3v) is 4.87. The van der Waals surface area contributed by atoms with E-state index >= 15 is 0 Å². The fourth-order valence-electron chi connectivity index (χ4n) is 2.12. The summed E-state index contributed by atoms with van der Waals surface area (Å²) in [5, 5.41) is 0. The van der Waals surface area contributed by atoms with Gasteiger partial charge in [-0.1, -0.05) is 13.0 Å². The number of nitrogens with zero attached hydrogens (tertiary/aromatic N) is 1. The van der Waals surface area contributed by atoms with Crippen LogP contribution in [0.5, 0.6) is 0 Å². The number of imidazole rings is 1. The number of aromatic nitrogens is 2. The lowest BCUT2D eigenvalue weighted by molar-refractivity contribution is 0.539. The zero-order chi connectivity index (χ0) is 15.5. The van der Waals surface area contributed by atoms with Crippen LogP contribution in [-0.2, 0) is 16.6 Å². The van der Waals surface area contributed by atoms with Crippen LogP contribution in [0.1, 0.15) is 36.3 Å². The number of sulfonamides is 1. The summed E-state index contributed by atoms with van der Waals surface area (Å²) >= 11 is 0. The van der Waals surface area contributed by atoms with E-state index in [9.17, 15) is 8.42 Å². The average molecular weight is 308 g/mol. The molecule has 0 aliphatic carbocycles. The molecule has 4 N–H and O–H groups in total. The molecule has 0 radical (unpaired) electrons. The second kappa shape index (κ2) is 6.38. The van der Waals surface area contributed by atoms with Crippen LogP contribution >= 0.6 is 0 Å². The molecule has 0 saturated heterocycles. The van der Waals surface area contributed by atoms with E-state index in [0.717, 1.165) is 11.1 Å². The maximum absolute atomic E-state index is 12.5. The number of hydrogen-bond acceptors (Lipinski definition) is 4. The molecule has 7 heteroatoms. The minimum absolute atomic E-state index is 0.238. The van der Waals surface area contributed by atoms with Gasteiger partial charge in [-0.3, -0.25) is 0 Å². The highest BCUT2D eigenvalue weighted by Crippen LogP contribution is 2.19. The van der Waals surface area contributed by atoms with Gasteiger partial charge < -0.3 is 10.7 Å². The third-order valence-electron chi connectivity index (χ3n) is 3.40. The largest absolute Gasteiger partial charge is 0.347 e. The van der Waals surface area contributed by atoms with E-state index in [2.05, 4.69) is 14.7 Å². The Labute approximate surface area is 124 Å². The van der Waals surface area contributed by atoms with Gasteiger partial charge in [0.2, 0.25) is 10.0 Å². The Bertz CT molecular complexity index is 696. The molecule has 0 fully saturated rings. The first-order valence-electron chi connectivity index (χ1n) is 6.79. The van der Waals surface area contributed by atoms with Gasteiger partial charge >= 0.3 is 0 Å². The second-order valence-corrected chi connectivity index (χ2v) is 6.56. The van der Waals surface area contributed by atoms with Gasteiger partial charge in [0, 0.05) is 18.9 Å². The number of hydrogen-bond donors (Lipinski definition) is 3. The van der Waals surface area contributed by atoms with Crippen molar-refractivity contribution in [2.75, 3.05) is 0 Å². The molecule has 1 atom stereocenters. The molecular weight excluding hydrogens is 288 g/mol. The van der Waals surface area contributed by atoms with Crippen molar-refractivity contribution in [3.63, 3.8) is 0 Å². The molecule has 1 aromatic heterocycles. The normalized spacial score (nSPS) is 13.3. The first-order chi connectivity index (χ1) is 9.97. The smallest absolute Gasteiger partial charge is 0.241 e. The molecule has 21 heavy (non-hydrogen) atoms. The minimum atomic E-state index is -3.60. The molecule has 6 nitrogen and oxygen atoms in total. The zero-order valence-corrected chi connectivity index (χ0v) is 12.9. The fraction of sp³-hybridized carbons (Fsp3) is 0.357. The molecule has 0 aliphatic rings. The van der Waals surface area contributed by atoms with Crippen molar-refractivity contribution in [1.82, 2.24) is 14.7 Å². The second-order valence-electron chi connectivity index (χ2n) is 4.85. The van der Waals surface area contributed by atoms with Crippen LogP contribution in [0, 0.1) is 6.92 Å². The predicted molar refractivity (Wildman–Crippen MR) is 81.0 cm³/mol. The van der Waals surface area contributed by atoms with Crippen LogP contribution in [0.2, 0.25) is 0 Å². The summed E-state index contributed by atoms with van der Waals surface area (Å²) in [6.07, 6.45) is 3.88. The van der Waals surface area contributed by atoms with Crippen LogP contribution < -0.4 is 10.5 Å². The highest BCUT2D eigenvalue weighted by atomic mass is 32.2. The van der Waals surface area contributed by atoms with Crippen LogP contribution in [-0.4, -0.2) is 18.4 Å². The van der Waals surface area contributed by atoms with Gasteiger partial charge in [0.25, 0.3) is 0 Å². The highest BCUT2D eigenvalue weighted by Gasteiger charge is 2.22. The SMILES string of the molecule is CCC(NS(=O)(=O)c1ccc(CN)c(C)c1)c1ncc[nH]1. The molecule has 0 aliphatic heterocycles. The van der Waals surface area contributed by atoms with Crippen LogP contribution in [0.3, 0.4) is 0 Å². The Kier molecular flexibility index (Phi) is 4.76. The number of H-pyrrole nitrogens is 1. The van der Waals surface area contributed by atoms with E-state index in [0.29, 0.717) is 18.8 Å². The molecule has 2 rings (SSSR count). The van der Waals surface area contributed by atoms with E-state index in [4.69, 9.17) is 5.73 Å². The van der Waals surface area contributed by atoms with Crippen molar-refractivity contribution in [2.24, 2.45) is 5.73 Å². The van der Waals surface area contributed by atoms with E-state index in [1.54, 1.807) is 30.6 Å². The lowest BCUT2D eigenvalue weighted by Crippen LogP contribution is -2.29. The lowest BCUT2D eigenvalue weighted by atomic mass is 10.1. The third kappa shape index (κ3) is 3.49. The maximum Gasteiger partial charge on any atom is 0.241 e. The monoisotopic (exact) mass is 308 g/mol. The summed E-state index contributed by atoms with van der Waals surface area (Å²) in [7, 11) is -3.60. The standard InChI is InChI=1S/C14H20N4O2S/c1-3-13(14-16-6-7-17-14)18-21(19,20)12-5-4-11(9-15)10(2)8-12/h4-8,13,18H,3,9,15H2,1-2H3,(H,16,17). The van der Waals surface area contributed by atoms with Crippen molar-refractivity contribution in [2.45, 2.75) is 37.8 Å². The molecule has 1 heterocycles. The molecule has 0 saturated carbocycles.